The van der Waals surface area contributed by atoms with Crippen LogP contribution in [-0.4, -0.2) is 69.4 Å². The van der Waals surface area contributed by atoms with Crippen molar-refractivity contribution in [3.05, 3.63) is 48.3 Å². The van der Waals surface area contributed by atoms with Gasteiger partial charge >= 0.3 is 0 Å². The lowest BCUT2D eigenvalue weighted by Gasteiger charge is -2.34. The predicted octanol–water partition coefficient (Wildman–Crippen LogP) is 2.75. The van der Waals surface area contributed by atoms with Gasteiger partial charge in [0, 0.05) is 38.6 Å². The Hall–Kier alpha value is -3.03. The van der Waals surface area contributed by atoms with Crippen LogP contribution in [0.1, 0.15) is 54.6 Å². The van der Waals surface area contributed by atoms with Gasteiger partial charge in [0.05, 0.1) is 19.2 Å². The van der Waals surface area contributed by atoms with Crippen LogP contribution in [0.4, 0.5) is 0 Å². The standard InChI is InChI=1S/C24H31N5O3/c30-23(14-20-15-25-18-26-16-20)28-9-11-29(12-10-28)24(31)22-7-6-21(17-27-22)32-13-8-19-4-2-1-3-5-19/h6-7,15-19H,1-5,8-14H2. The fourth-order valence-corrected chi connectivity index (χ4v) is 4.44. The van der Waals surface area contributed by atoms with Crippen LogP contribution in [0.5, 0.6) is 5.75 Å². The van der Waals surface area contributed by atoms with Gasteiger partial charge in [-0.2, -0.15) is 0 Å². The van der Waals surface area contributed by atoms with Gasteiger partial charge in [0.1, 0.15) is 17.8 Å². The van der Waals surface area contributed by atoms with Crippen molar-refractivity contribution in [2.24, 2.45) is 5.92 Å². The molecule has 1 aliphatic heterocycles. The van der Waals surface area contributed by atoms with Crippen LogP contribution in [0.15, 0.2) is 37.1 Å². The van der Waals surface area contributed by atoms with Gasteiger partial charge < -0.3 is 14.5 Å². The van der Waals surface area contributed by atoms with Crippen LogP contribution in [-0.2, 0) is 11.2 Å². The highest BCUT2D eigenvalue weighted by Gasteiger charge is 2.25. The van der Waals surface area contributed by atoms with Gasteiger partial charge in [-0.25, -0.2) is 15.0 Å². The van der Waals surface area contributed by atoms with Crippen molar-refractivity contribution in [3.8, 4) is 5.75 Å². The quantitative estimate of drug-likeness (QED) is 0.662. The zero-order valence-electron chi connectivity index (χ0n) is 18.5. The Labute approximate surface area is 189 Å². The number of carbonyl (C=O) groups excluding carboxylic acids is 2. The highest BCUT2D eigenvalue weighted by molar-refractivity contribution is 5.92. The van der Waals surface area contributed by atoms with Gasteiger partial charge in [-0.3, -0.25) is 9.59 Å². The molecule has 2 amide bonds. The molecule has 0 atom stereocenters. The molecular weight excluding hydrogens is 406 g/mol. The lowest BCUT2D eigenvalue weighted by atomic mass is 9.87. The average molecular weight is 438 g/mol. The van der Waals surface area contributed by atoms with Gasteiger partial charge in [-0.1, -0.05) is 32.1 Å². The van der Waals surface area contributed by atoms with Crippen molar-refractivity contribution in [3.63, 3.8) is 0 Å². The van der Waals surface area contributed by atoms with Gasteiger partial charge in [0.15, 0.2) is 0 Å². The first kappa shape index (κ1) is 22.2. The van der Waals surface area contributed by atoms with Crippen LogP contribution in [0.25, 0.3) is 0 Å². The zero-order chi connectivity index (χ0) is 22.2. The Morgan fingerprint density at radius 1 is 0.938 bits per heavy atom. The van der Waals surface area contributed by atoms with E-state index in [2.05, 4.69) is 15.0 Å². The smallest absolute Gasteiger partial charge is 0.272 e. The first-order valence-corrected chi connectivity index (χ1v) is 11.6. The van der Waals surface area contributed by atoms with E-state index in [-0.39, 0.29) is 18.2 Å². The molecule has 1 saturated carbocycles. The number of ether oxygens (including phenoxy) is 1. The Kier molecular flexibility index (Phi) is 7.64. The van der Waals surface area contributed by atoms with Gasteiger partial charge in [-0.05, 0) is 30.0 Å². The molecule has 32 heavy (non-hydrogen) atoms. The predicted molar refractivity (Wildman–Crippen MR) is 119 cm³/mol. The second-order valence-electron chi connectivity index (χ2n) is 8.62. The fraction of sp³-hybridized carbons (Fsp3) is 0.542. The summed E-state index contributed by atoms with van der Waals surface area (Å²) in [5.74, 6) is 1.41. The molecule has 2 aromatic rings. The minimum atomic E-state index is -0.109. The van der Waals surface area contributed by atoms with E-state index in [9.17, 15) is 9.59 Å². The summed E-state index contributed by atoms with van der Waals surface area (Å²) in [4.78, 5) is 41.0. The van der Waals surface area contributed by atoms with Crippen molar-refractivity contribution in [1.29, 1.82) is 0 Å². The molecule has 170 valence electrons. The molecule has 4 rings (SSSR count). The van der Waals surface area contributed by atoms with Gasteiger partial charge in [0.25, 0.3) is 5.91 Å². The molecule has 8 heteroatoms. The maximum absolute atomic E-state index is 12.8. The molecule has 3 heterocycles. The topological polar surface area (TPSA) is 88.5 Å². The van der Waals surface area contributed by atoms with E-state index in [1.54, 1.807) is 34.5 Å². The van der Waals surface area contributed by atoms with Crippen LogP contribution < -0.4 is 4.74 Å². The highest BCUT2D eigenvalue weighted by atomic mass is 16.5. The van der Waals surface area contributed by atoms with Crippen molar-refractivity contribution in [2.75, 3.05) is 32.8 Å². The summed E-state index contributed by atoms with van der Waals surface area (Å²) in [5, 5.41) is 0. The summed E-state index contributed by atoms with van der Waals surface area (Å²) in [6, 6.07) is 3.55. The zero-order valence-corrected chi connectivity index (χ0v) is 18.5. The van der Waals surface area contributed by atoms with Crippen LogP contribution in [0.2, 0.25) is 0 Å². The summed E-state index contributed by atoms with van der Waals surface area (Å²) >= 11 is 0. The molecule has 0 spiro atoms. The second kappa shape index (κ2) is 11.0. The number of amides is 2. The maximum atomic E-state index is 12.8. The SMILES string of the molecule is O=C(Cc1cncnc1)N1CCN(C(=O)c2ccc(OCCC3CCCCC3)cn2)CC1. The minimum Gasteiger partial charge on any atom is -0.492 e. The van der Waals surface area contributed by atoms with Crippen LogP contribution in [0.3, 0.4) is 0 Å². The Morgan fingerprint density at radius 3 is 2.34 bits per heavy atom. The lowest BCUT2D eigenvalue weighted by molar-refractivity contribution is -0.131. The van der Waals surface area contributed by atoms with E-state index >= 15 is 0 Å². The van der Waals surface area contributed by atoms with Gasteiger partial charge in [-0.15, -0.1) is 0 Å². The third kappa shape index (κ3) is 6.02. The van der Waals surface area contributed by atoms with E-state index in [1.165, 1.54) is 38.4 Å². The molecule has 0 radical (unpaired) electrons. The minimum absolute atomic E-state index is 0.0275. The van der Waals surface area contributed by atoms with Crippen molar-refractivity contribution >= 4 is 11.8 Å². The van der Waals surface area contributed by atoms with Crippen molar-refractivity contribution in [2.45, 2.75) is 44.9 Å². The van der Waals surface area contributed by atoms with Crippen molar-refractivity contribution in [1.82, 2.24) is 24.8 Å². The van der Waals surface area contributed by atoms with E-state index in [4.69, 9.17) is 4.74 Å². The number of rotatable bonds is 7. The number of nitrogens with zero attached hydrogens (tertiary/aromatic N) is 5. The summed E-state index contributed by atoms with van der Waals surface area (Å²) in [6.07, 6.45) is 14.4. The Balaban J connectivity index is 1.21. The van der Waals surface area contributed by atoms with Gasteiger partial charge in [0.2, 0.25) is 5.91 Å². The van der Waals surface area contributed by atoms with Crippen molar-refractivity contribution < 1.29 is 14.3 Å². The highest BCUT2D eigenvalue weighted by Crippen LogP contribution is 2.26. The number of hydrogen-bond acceptors (Lipinski definition) is 6. The number of aromatic nitrogens is 3. The largest absolute Gasteiger partial charge is 0.492 e. The number of pyridine rings is 1. The lowest BCUT2D eigenvalue weighted by Crippen LogP contribution is -2.51. The first-order chi connectivity index (χ1) is 15.7. The van der Waals surface area contributed by atoms with Crippen LogP contribution in [0, 0.1) is 5.92 Å². The Morgan fingerprint density at radius 2 is 1.66 bits per heavy atom. The molecule has 0 unspecified atom stereocenters. The Bertz CT molecular complexity index is 876. The van der Waals surface area contributed by atoms with E-state index < -0.39 is 0 Å². The molecule has 0 N–H and O–H groups in total. The normalized spacial score (nSPS) is 17.2. The third-order valence-electron chi connectivity index (χ3n) is 6.36. The third-order valence-corrected chi connectivity index (χ3v) is 6.36. The molecular formula is C24H31N5O3. The molecule has 1 aliphatic carbocycles. The summed E-state index contributed by atoms with van der Waals surface area (Å²) in [6.45, 7) is 2.72. The molecule has 1 saturated heterocycles. The molecule has 0 bridgehead atoms. The fourth-order valence-electron chi connectivity index (χ4n) is 4.44. The van der Waals surface area contributed by atoms with E-state index in [0.29, 0.717) is 44.2 Å². The molecule has 8 nitrogen and oxygen atoms in total. The first-order valence-electron chi connectivity index (χ1n) is 11.6. The monoisotopic (exact) mass is 437 g/mol. The molecule has 2 fully saturated rings. The molecule has 2 aliphatic rings. The second-order valence-corrected chi connectivity index (χ2v) is 8.62. The number of piperazine rings is 1. The maximum Gasteiger partial charge on any atom is 0.272 e. The number of hydrogen-bond donors (Lipinski definition) is 0. The summed E-state index contributed by atoms with van der Waals surface area (Å²) < 4.78 is 5.84. The average Bonchev–Trinajstić information content (AvgIpc) is 2.85. The van der Waals surface area contributed by atoms with Crippen LogP contribution >= 0.6 is 0 Å². The molecule has 2 aromatic heterocycles. The summed E-state index contributed by atoms with van der Waals surface area (Å²) in [7, 11) is 0. The van der Waals surface area contributed by atoms with E-state index in [0.717, 1.165) is 17.9 Å². The number of carbonyl (C=O) groups is 2. The molecule has 0 aromatic carbocycles. The van der Waals surface area contributed by atoms with E-state index in [1.807, 2.05) is 6.07 Å². The summed E-state index contributed by atoms with van der Waals surface area (Å²) in [5.41, 5.74) is 1.20.